The van der Waals surface area contributed by atoms with E-state index in [-0.39, 0.29) is 35.7 Å². The molecule has 3 rings (SSSR count). The molecule has 5 nitrogen and oxygen atoms in total. The molecule has 0 bridgehead atoms. The van der Waals surface area contributed by atoms with Crippen LogP contribution in [0.2, 0.25) is 0 Å². The summed E-state index contributed by atoms with van der Waals surface area (Å²) in [7, 11) is 1.73. The third kappa shape index (κ3) is 6.55. The summed E-state index contributed by atoms with van der Waals surface area (Å²) in [5, 5.41) is 3.28. The van der Waals surface area contributed by atoms with Crippen LogP contribution in [0.3, 0.4) is 0 Å². The Labute approximate surface area is 194 Å². The van der Waals surface area contributed by atoms with Crippen molar-refractivity contribution in [1.29, 1.82) is 0 Å². The van der Waals surface area contributed by atoms with Crippen LogP contribution in [0.15, 0.2) is 65.7 Å². The quantitative estimate of drug-likeness (QED) is 0.347. The lowest BCUT2D eigenvalue weighted by Gasteiger charge is -2.30. The van der Waals surface area contributed by atoms with Gasteiger partial charge in [0.2, 0.25) is 5.91 Å². The maximum atomic E-state index is 13.1. The number of nitrogens with zero attached hydrogens (tertiary/aromatic N) is 2. The first-order chi connectivity index (χ1) is 14.1. The van der Waals surface area contributed by atoms with Gasteiger partial charge in [0.05, 0.1) is 5.92 Å². The number of guanidine groups is 1. The molecule has 1 heterocycles. The second kappa shape index (κ2) is 11.7. The molecular formula is C23H28FIN4O. The third-order valence-electron chi connectivity index (χ3n) is 5.17. The minimum atomic E-state index is -0.405. The minimum Gasteiger partial charge on any atom is -0.369 e. The molecule has 7 heteroatoms. The number of nitrogens with two attached hydrogens (primary N) is 1. The summed E-state index contributed by atoms with van der Waals surface area (Å²) < 4.78 is 13.1. The fourth-order valence-corrected chi connectivity index (χ4v) is 3.50. The van der Waals surface area contributed by atoms with Crippen molar-refractivity contribution in [2.75, 3.05) is 26.7 Å². The van der Waals surface area contributed by atoms with Crippen LogP contribution in [0.25, 0.3) is 5.57 Å². The third-order valence-corrected chi connectivity index (χ3v) is 5.17. The van der Waals surface area contributed by atoms with Crippen LogP contribution >= 0.6 is 24.0 Å². The van der Waals surface area contributed by atoms with Crippen molar-refractivity contribution in [2.45, 2.75) is 12.8 Å². The van der Waals surface area contributed by atoms with E-state index in [0.29, 0.717) is 13.0 Å². The first-order valence-corrected chi connectivity index (χ1v) is 9.80. The zero-order valence-electron chi connectivity index (χ0n) is 17.1. The number of amides is 1. The number of benzene rings is 2. The normalized spacial score (nSPS) is 15.1. The van der Waals surface area contributed by atoms with Crippen molar-refractivity contribution < 1.29 is 9.18 Å². The lowest BCUT2D eigenvalue weighted by Crippen LogP contribution is -2.46. The number of carbonyl (C=O) groups is 1. The molecule has 0 aliphatic carbocycles. The van der Waals surface area contributed by atoms with Crippen LogP contribution in [-0.4, -0.2) is 43.4 Å². The van der Waals surface area contributed by atoms with E-state index in [1.54, 1.807) is 19.2 Å². The minimum absolute atomic E-state index is 0. The Morgan fingerprint density at radius 1 is 1.20 bits per heavy atom. The maximum absolute atomic E-state index is 13.1. The van der Waals surface area contributed by atoms with Crippen molar-refractivity contribution in [2.24, 2.45) is 16.6 Å². The number of carbonyl (C=O) groups excluding carboxylic acids is 1. The van der Waals surface area contributed by atoms with E-state index in [1.165, 1.54) is 23.3 Å². The summed E-state index contributed by atoms with van der Waals surface area (Å²) in [4.78, 5) is 18.4. The van der Waals surface area contributed by atoms with Crippen molar-refractivity contribution in [3.05, 3.63) is 77.6 Å². The van der Waals surface area contributed by atoms with E-state index in [4.69, 9.17) is 5.73 Å². The van der Waals surface area contributed by atoms with Crippen LogP contribution in [0.1, 0.15) is 17.5 Å². The Morgan fingerprint density at radius 3 is 2.47 bits per heavy atom. The molecular weight excluding hydrogens is 494 g/mol. The predicted octanol–water partition coefficient (Wildman–Crippen LogP) is 3.45. The van der Waals surface area contributed by atoms with Crippen molar-refractivity contribution in [3.8, 4) is 0 Å². The zero-order valence-corrected chi connectivity index (χ0v) is 19.4. The van der Waals surface area contributed by atoms with Crippen molar-refractivity contribution in [3.63, 3.8) is 0 Å². The molecule has 0 aromatic heterocycles. The van der Waals surface area contributed by atoms with E-state index < -0.39 is 5.92 Å². The highest BCUT2D eigenvalue weighted by atomic mass is 127. The van der Waals surface area contributed by atoms with Gasteiger partial charge >= 0.3 is 0 Å². The number of rotatable bonds is 6. The van der Waals surface area contributed by atoms with Gasteiger partial charge in [-0.3, -0.25) is 9.79 Å². The Bertz CT molecular complexity index is 884. The first kappa shape index (κ1) is 23.9. The van der Waals surface area contributed by atoms with Crippen LogP contribution in [0.4, 0.5) is 4.39 Å². The monoisotopic (exact) mass is 522 g/mol. The average molecular weight is 522 g/mol. The number of halogens is 2. The predicted molar refractivity (Wildman–Crippen MR) is 130 cm³/mol. The lowest BCUT2D eigenvalue weighted by molar-refractivity contribution is -0.121. The molecule has 1 atom stereocenters. The largest absolute Gasteiger partial charge is 0.369 e. The van der Waals surface area contributed by atoms with E-state index >= 15 is 0 Å². The Balaban J connectivity index is 0.00000320. The van der Waals surface area contributed by atoms with Crippen LogP contribution in [0, 0.1) is 11.7 Å². The number of hydrogen-bond donors (Lipinski definition) is 2. The van der Waals surface area contributed by atoms with Gasteiger partial charge < -0.3 is 16.0 Å². The first-order valence-electron chi connectivity index (χ1n) is 9.80. The zero-order chi connectivity index (χ0) is 20.6. The number of hydrogen-bond acceptors (Lipinski definition) is 2. The van der Waals surface area contributed by atoms with Gasteiger partial charge in [-0.25, -0.2) is 4.39 Å². The molecule has 0 spiro atoms. The van der Waals surface area contributed by atoms with Gasteiger partial charge in [0, 0.05) is 26.7 Å². The average Bonchev–Trinajstić information content (AvgIpc) is 2.75. The fourth-order valence-electron chi connectivity index (χ4n) is 3.50. The van der Waals surface area contributed by atoms with E-state index in [9.17, 15) is 9.18 Å². The van der Waals surface area contributed by atoms with E-state index in [1.807, 2.05) is 18.2 Å². The van der Waals surface area contributed by atoms with Crippen molar-refractivity contribution in [1.82, 2.24) is 10.2 Å². The molecule has 1 aliphatic rings. The summed E-state index contributed by atoms with van der Waals surface area (Å²) >= 11 is 0. The second-order valence-electron chi connectivity index (χ2n) is 7.15. The highest BCUT2D eigenvalue weighted by Gasteiger charge is 2.20. The smallest absolute Gasteiger partial charge is 0.222 e. The van der Waals surface area contributed by atoms with Gasteiger partial charge in [0.1, 0.15) is 5.82 Å². The number of primary amides is 1. The van der Waals surface area contributed by atoms with E-state index in [0.717, 1.165) is 31.0 Å². The molecule has 0 fully saturated rings. The van der Waals surface area contributed by atoms with Crippen molar-refractivity contribution >= 4 is 41.4 Å². The molecule has 160 valence electrons. The molecule has 3 N–H and O–H groups in total. The van der Waals surface area contributed by atoms with Crippen LogP contribution < -0.4 is 11.1 Å². The summed E-state index contributed by atoms with van der Waals surface area (Å²) in [6.45, 7) is 1.98. The maximum Gasteiger partial charge on any atom is 0.222 e. The van der Waals surface area contributed by atoms with Gasteiger partial charge in [0.25, 0.3) is 0 Å². The molecule has 0 saturated heterocycles. The highest BCUT2D eigenvalue weighted by Crippen LogP contribution is 2.22. The Hall–Kier alpha value is -2.42. The summed E-state index contributed by atoms with van der Waals surface area (Å²) in [5.41, 5.74) is 9.05. The van der Waals surface area contributed by atoms with Crippen LogP contribution in [-0.2, 0) is 11.2 Å². The molecule has 2 aromatic rings. The highest BCUT2D eigenvalue weighted by molar-refractivity contribution is 14.0. The van der Waals surface area contributed by atoms with Gasteiger partial charge in [-0.2, -0.15) is 0 Å². The molecule has 1 unspecified atom stereocenters. The van der Waals surface area contributed by atoms with Gasteiger partial charge in [-0.05, 0) is 41.7 Å². The molecule has 0 radical (unpaired) electrons. The number of nitrogens with one attached hydrogen (secondary N) is 1. The van der Waals surface area contributed by atoms with Gasteiger partial charge in [-0.1, -0.05) is 48.5 Å². The molecule has 2 aromatic carbocycles. The summed E-state index contributed by atoms with van der Waals surface area (Å²) in [6.07, 6.45) is 3.60. The molecule has 1 amide bonds. The summed E-state index contributed by atoms with van der Waals surface area (Å²) in [5.74, 6) is -0.339. The summed E-state index contributed by atoms with van der Waals surface area (Å²) in [6, 6.07) is 16.5. The Kier molecular flexibility index (Phi) is 9.29. The van der Waals surface area contributed by atoms with E-state index in [2.05, 4.69) is 33.4 Å². The Morgan fingerprint density at radius 2 is 1.90 bits per heavy atom. The molecule has 1 aliphatic heterocycles. The number of aliphatic imine (C=N–C) groups is 1. The van der Waals surface area contributed by atoms with Crippen LogP contribution in [0.5, 0.6) is 0 Å². The fraction of sp³-hybridized carbons (Fsp3) is 0.304. The topological polar surface area (TPSA) is 70.7 Å². The lowest BCUT2D eigenvalue weighted by atomic mass is 9.98. The second-order valence-corrected chi connectivity index (χ2v) is 7.15. The van der Waals surface area contributed by atoms with Gasteiger partial charge in [-0.15, -0.1) is 24.0 Å². The standard InChI is InChI=1S/C23H27FN4O.HI/c1-26-23(28-13-11-19(12-14-28)18-5-3-2-4-6-18)27-16-20(22(25)29)15-17-7-9-21(24)10-8-17;/h2-11,20H,12-16H2,1H3,(H2,25,29)(H,26,27);1H. The van der Waals surface area contributed by atoms with Gasteiger partial charge in [0.15, 0.2) is 5.96 Å². The molecule has 30 heavy (non-hydrogen) atoms. The SMILES string of the molecule is CN=C(NCC(Cc1ccc(F)cc1)C(N)=O)N1CC=C(c2ccccc2)CC1.I. The molecule has 0 saturated carbocycles.